The fourth-order valence-electron chi connectivity index (χ4n) is 3.31. The fraction of sp³-hybridized carbons (Fsp3) is 0.333. The lowest BCUT2D eigenvalue weighted by molar-refractivity contribution is 0.0904. The van der Waals surface area contributed by atoms with E-state index in [1.54, 1.807) is 7.11 Å². The van der Waals surface area contributed by atoms with Crippen molar-refractivity contribution >= 4 is 16.8 Å². The molecule has 3 aromatic rings. The molecule has 0 unspecified atom stereocenters. The highest BCUT2D eigenvalue weighted by Crippen LogP contribution is 2.35. The minimum absolute atomic E-state index is 0.0509. The molecule has 26 heavy (non-hydrogen) atoms. The summed E-state index contributed by atoms with van der Waals surface area (Å²) in [5.41, 5.74) is 1.80. The molecule has 0 radical (unpaired) electrons. The van der Waals surface area contributed by atoms with E-state index in [1.807, 2.05) is 24.3 Å². The van der Waals surface area contributed by atoms with E-state index in [1.165, 1.54) is 6.07 Å². The van der Waals surface area contributed by atoms with Gasteiger partial charge >= 0.3 is 0 Å². The first-order valence-corrected chi connectivity index (χ1v) is 8.47. The molecule has 1 aliphatic carbocycles. The van der Waals surface area contributed by atoms with Crippen LogP contribution in [0.3, 0.4) is 0 Å². The Labute approximate surface area is 149 Å². The number of aromatic amines is 2. The molecule has 4 rings (SSSR count). The molecule has 1 saturated carbocycles. The molecule has 2 heterocycles. The SMILES string of the molecule is COCc1nc(C2CC(NC(=O)c3n[nH]c4ccccc34)C2)cc(=O)[nH]1. The number of carbonyl (C=O) groups excluding carboxylic acids is 1. The van der Waals surface area contributed by atoms with Gasteiger partial charge in [0.15, 0.2) is 5.69 Å². The second-order valence-electron chi connectivity index (χ2n) is 6.51. The summed E-state index contributed by atoms with van der Waals surface area (Å²) in [6.07, 6.45) is 1.49. The minimum Gasteiger partial charge on any atom is -0.377 e. The van der Waals surface area contributed by atoms with Crippen LogP contribution in [-0.2, 0) is 11.3 Å². The van der Waals surface area contributed by atoms with E-state index in [9.17, 15) is 9.59 Å². The maximum absolute atomic E-state index is 12.5. The van der Waals surface area contributed by atoms with Crippen molar-refractivity contribution in [3.05, 3.63) is 57.9 Å². The number of para-hydroxylation sites is 1. The first kappa shape index (κ1) is 16.5. The molecule has 0 aliphatic heterocycles. The number of aromatic nitrogens is 4. The van der Waals surface area contributed by atoms with Crippen molar-refractivity contribution in [3.63, 3.8) is 0 Å². The van der Waals surface area contributed by atoms with Gasteiger partial charge in [-0.05, 0) is 18.9 Å². The summed E-state index contributed by atoms with van der Waals surface area (Å²) in [4.78, 5) is 31.3. The Balaban J connectivity index is 1.41. The number of methoxy groups -OCH3 is 1. The number of hydrogen-bond acceptors (Lipinski definition) is 5. The quantitative estimate of drug-likeness (QED) is 0.643. The molecule has 1 aliphatic rings. The number of benzene rings is 1. The monoisotopic (exact) mass is 353 g/mol. The third kappa shape index (κ3) is 3.11. The number of carbonyl (C=O) groups is 1. The average molecular weight is 353 g/mol. The highest BCUT2D eigenvalue weighted by molar-refractivity contribution is 6.04. The molecule has 1 fully saturated rings. The van der Waals surface area contributed by atoms with Crippen LogP contribution in [0.5, 0.6) is 0 Å². The van der Waals surface area contributed by atoms with Crippen LogP contribution in [0, 0.1) is 0 Å². The van der Waals surface area contributed by atoms with Crippen molar-refractivity contribution in [2.75, 3.05) is 7.11 Å². The molecule has 8 nitrogen and oxygen atoms in total. The van der Waals surface area contributed by atoms with Crippen LogP contribution in [0.15, 0.2) is 35.1 Å². The van der Waals surface area contributed by atoms with E-state index in [2.05, 4.69) is 25.5 Å². The normalized spacial score (nSPS) is 19.3. The number of amides is 1. The zero-order valence-electron chi connectivity index (χ0n) is 14.3. The van der Waals surface area contributed by atoms with Crippen molar-refractivity contribution in [3.8, 4) is 0 Å². The predicted octanol–water partition coefficient (Wildman–Crippen LogP) is 1.47. The van der Waals surface area contributed by atoms with Crippen LogP contribution in [0.2, 0.25) is 0 Å². The van der Waals surface area contributed by atoms with Gasteiger partial charge in [-0.3, -0.25) is 14.7 Å². The molecule has 8 heteroatoms. The second kappa shape index (κ2) is 6.72. The molecule has 0 saturated heterocycles. The molecule has 0 spiro atoms. The molecule has 3 N–H and O–H groups in total. The Bertz CT molecular complexity index is 1000. The summed E-state index contributed by atoms with van der Waals surface area (Å²) in [5, 5.41) is 10.8. The van der Waals surface area contributed by atoms with Crippen LogP contribution < -0.4 is 10.9 Å². The predicted molar refractivity (Wildman–Crippen MR) is 94.9 cm³/mol. The minimum atomic E-state index is -0.190. The Kier molecular flexibility index (Phi) is 4.26. The lowest BCUT2D eigenvalue weighted by atomic mass is 9.78. The molecular weight excluding hydrogens is 334 g/mol. The van der Waals surface area contributed by atoms with Gasteiger partial charge < -0.3 is 15.0 Å². The Hall–Kier alpha value is -3.00. The van der Waals surface area contributed by atoms with Crippen LogP contribution >= 0.6 is 0 Å². The molecular formula is C18H19N5O3. The maximum Gasteiger partial charge on any atom is 0.272 e. The third-order valence-corrected chi connectivity index (χ3v) is 4.67. The van der Waals surface area contributed by atoms with Crippen LogP contribution in [0.1, 0.15) is 40.8 Å². The van der Waals surface area contributed by atoms with Gasteiger partial charge in [-0.25, -0.2) is 4.98 Å². The van der Waals surface area contributed by atoms with Crippen molar-refractivity contribution < 1.29 is 9.53 Å². The maximum atomic E-state index is 12.5. The third-order valence-electron chi connectivity index (χ3n) is 4.67. The first-order valence-electron chi connectivity index (χ1n) is 8.47. The Morgan fingerprint density at radius 3 is 2.96 bits per heavy atom. The zero-order chi connectivity index (χ0) is 18.1. The largest absolute Gasteiger partial charge is 0.377 e. The first-order chi connectivity index (χ1) is 12.6. The zero-order valence-corrected chi connectivity index (χ0v) is 14.3. The summed E-state index contributed by atoms with van der Waals surface area (Å²) in [7, 11) is 1.56. The Morgan fingerprint density at radius 1 is 1.35 bits per heavy atom. The van der Waals surface area contributed by atoms with Gasteiger partial charge in [0.25, 0.3) is 11.5 Å². The van der Waals surface area contributed by atoms with E-state index in [0.29, 0.717) is 11.5 Å². The van der Waals surface area contributed by atoms with Gasteiger partial charge in [0.1, 0.15) is 12.4 Å². The van der Waals surface area contributed by atoms with E-state index < -0.39 is 0 Å². The van der Waals surface area contributed by atoms with Crippen molar-refractivity contribution in [1.82, 2.24) is 25.5 Å². The van der Waals surface area contributed by atoms with Crippen molar-refractivity contribution in [1.29, 1.82) is 0 Å². The molecule has 1 amide bonds. The van der Waals surface area contributed by atoms with E-state index in [-0.39, 0.29) is 30.0 Å². The lowest BCUT2D eigenvalue weighted by Crippen LogP contribution is -2.44. The standard InChI is InChI=1S/C18H19N5O3/c1-26-9-15-20-14(8-16(24)21-15)10-6-11(7-10)19-18(25)17-12-4-2-3-5-13(12)22-23-17/h2-5,8,10-11H,6-7,9H2,1H3,(H,19,25)(H,22,23)(H,20,21,24). The van der Waals surface area contributed by atoms with Crippen LogP contribution in [0.25, 0.3) is 10.9 Å². The summed E-state index contributed by atoms with van der Waals surface area (Å²) >= 11 is 0. The highest BCUT2D eigenvalue weighted by Gasteiger charge is 2.33. The van der Waals surface area contributed by atoms with Gasteiger partial charge in [-0.15, -0.1) is 0 Å². The summed E-state index contributed by atoms with van der Waals surface area (Å²) < 4.78 is 5.02. The van der Waals surface area contributed by atoms with Crippen molar-refractivity contribution in [2.45, 2.75) is 31.4 Å². The van der Waals surface area contributed by atoms with E-state index in [4.69, 9.17) is 4.74 Å². The van der Waals surface area contributed by atoms with E-state index in [0.717, 1.165) is 29.4 Å². The lowest BCUT2D eigenvalue weighted by Gasteiger charge is -2.35. The number of ether oxygens (including phenoxy) is 1. The van der Waals surface area contributed by atoms with Crippen LogP contribution in [0.4, 0.5) is 0 Å². The number of nitrogens with one attached hydrogen (secondary N) is 3. The number of H-pyrrole nitrogens is 2. The van der Waals surface area contributed by atoms with Gasteiger partial charge in [0.05, 0.1) is 11.2 Å². The summed E-state index contributed by atoms with van der Waals surface area (Å²) in [6, 6.07) is 9.09. The number of fused-ring (bicyclic) bond motifs is 1. The second-order valence-corrected chi connectivity index (χ2v) is 6.51. The highest BCUT2D eigenvalue weighted by atomic mass is 16.5. The molecule has 0 atom stereocenters. The van der Waals surface area contributed by atoms with Crippen LogP contribution in [-0.4, -0.2) is 39.2 Å². The number of nitrogens with zero attached hydrogens (tertiary/aromatic N) is 2. The smallest absolute Gasteiger partial charge is 0.272 e. The molecule has 2 aromatic heterocycles. The average Bonchev–Trinajstić information content (AvgIpc) is 3.01. The van der Waals surface area contributed by atoms with Gasteiger partial charge in [0, 0.05) is 30.5 Å². The summed E-state index contributed by atoms with van der Waals surface area (Å²) in [6.45, 7) is 0.266. The molecule has 0 bridgehead atoms. The van der Waals surface area contributed by atoms with Gasteiger partial charge in [0.2, 0.25) is 0 Å². The molecule has 1 aromatic carbocycles. The van der Waals surface area contributed by atoms with E-state index >= 15 is 0 Å². The van der Waals surface area contributed by atoms with Crippen molar-refractivity contribution in [2.24, 2.45) is 0 Å². The van der Waals surface area contributed by atoms with Gasteiger partial charge in [-0.1, -0.05) is 18.2 Å². The molecule has 134 valence electrons. The number of rotatable bonds is 5. The summed E-state index contributed by atoms with van der Waals surface area (Å²) in [5.74, 6) is 0.490. The number of hydrogen-bond donors (Lipinski definition) is 3. The topological polar surface area (TPSA) is 113 Å². The Morgan fingerprint density at radius 2 is 2.15 bits per heavy atom. The fourth-order valence-corrected chi connectivity index (χ4v) is 3.31. The van der Waals surface area contributed by atoms with Gasteiger partial charge in [-0.2, -0.15) is 5.10 Å².